The van der Waals surface area contributed by atoms with E-state index in [1.165, 1.54) is 38.8 Å². The second-order valence-electron chi connectivity index (χ2n) is 4.52. The van der Waals surface area contributed by atoms with Gasteiger partial charge in [-0.05, 0) is 25.7 Å². The van der Waals surface area contributed by atoms with E-state index in [0.717, 1.165) is 10.9 Å². The zero-order chi connectivity index (χ0) is 10.2. The zero-order valence-electron chi connectivity index (χ0n) is 9.55. The Morgan fingerprint density at radius 3 is 2.08 bits per heavy atom. The van der Waals surface area contributed by atoms with Gasteiger partial charge in [-0.3, -0.25) is 0 Å². The van der Waals surface area contributed by atoms with Crippen LogP contribution in [0, 0.1) is 0 Å². The number of hydrogen-bond donors (Lipinski definition) is 1. The average Bonchev–Trinajstić information content (AvgIpc) is 2.09. The van der Waals surface area contributed by atoms with Crippen LogP contribution in [0.4, 0.5) is 0 Å². The Balaban J connectivity index is 3.39. The summed E-state index contributed by atoms with van der Waals surface area (Å²) < 4.78 is 1.14. The number of nitrogens with zero attached hydrogens (tertiary/aromatic N) is 1. The highest BCUT2D eigenvalue weighted by Gasteiger charge is 2.12. The van der Waals surface area contributed by atoms with Gasteiger partial charge in [0, 0.05) is 6.61 Å². The molecule has 0 aromatic heterocycles. The SMILES string of the molecule is CCCC[N+](C)(C)CCCCCO. The largest absolute Gasteiger partial charge is 0.396 e. The van der Waals surface area contributed by atoms with Crippen LogP contribution in [0.15, 0.2) is 0 Å². The molecular weight excluding hydrogens is 162 g/mol. The zero-order valence-corrected chi connectivity index (χ0v) is 9.55. The van der Waals surface area contributed by atoms with E-state index in [9.17, 15) is 0 Å². The normalized spacial score (nSPS) is 12.0. The molecule has 0 atom stereocenters. The predicted molar refractivity (Wildman–Crippen MR) is 57.7 cm³/mol. The molecule has 0 unspecified atom stereocenters. The van der Waals surface area contributed by atoms with Gasteiger partial charge >= 0.3 is 0 Å². The van der Waals surface area contributed by atoms with E-state index in [1.54, 1.807) is 0 Å². The summed E-state index contributed by atoms with van der Waals surface area (Å²) in [7, 11) is 4.60. The fraction of sp³-hybridized carbons (Fsp3) is 1.00. The van der Waals surface area contributed by atoms with E-state index in [2.05, 4.69) is 21.0 Å². The second-order valence-corrected chi connectivity index (χ2v) is 4.52. The summed E-state index contributed by atoms with van der Waals surface area (Å²) in [6, 6.07) is 0. The van der Waals surface area contributed by atoms with Gasteiger partial charge in [0.2, 0.25) is 0 Å². The van der Waals surface area contributed by atoms with Crippen molar-refractivity contribution in [3.05, 3.63) is 0 Å². The first kappa shape index (κ1) is 12.9. The standard InChI is InChI=1S/C11H26NO/c1-4-5-9-12(2,3)10-7-6-8-11-13/h13H,4-11H2,1-3H3/q+1. The Bertz CT molecular complexity index is 113. The molecule has 13 heavy (non-hydrogen) atoms. The topological polar surface area (TPSA) is 20.2 Å². The van der Waals surface area contributed by atoms with Crippen LogP contribution in [-0.4, -0.2) is 43.4 Å². The summed E-state index contributed by atoms with van der Waals surface area (Å²) in [6.45, 7) is 5.13. The molecule has 0 saturated carbocycles. The van der Waals surface area contributed by atoms with Crippen molar-refractivity contribution < 1.29 is 9.59 Å². The summed E-state index contributed by atoms with van der Waals surface area (Å²) in [5.41, 5.74) is 0. The molecule has 2 nitrogen and oxygen atoms in total. The second kappa shape index (κ2) is 7.34. The third-order valence-corrected chi connectivity index (χ3v) is 2.54. The van der Waals surface area contributed by atoms with Crippen molar-refractivity contribution in [2.75, 3.05) is 33.8 Å². The molecule has 1 N–H and O–H groups in total. The number of aliphatic hydroxyl groups is 1. The Morgan fingerprint density at radius 1 is 0.923 bits per heavy atom. The van der Waals surface area contributed by atoms with Gasteiger partial charge in [0.15, 0.2) is 0 Å². The highest BCUT2D eigenvalue weighted by atomic mass is 16.2. The molecule has 0 amide bonds. The number of aliphatic hydroxyl groups excluding tert-OH is 1. The van der Waals surface area contributed by atoms with E-state index in [4.69, 9.17) is 5.11 Å². The maximum absolute atomic E-state index is 8.63. The lowest BCUT2D eigenvalue weighted by Gasteiger charge is -2.29. The molecule has 0 radical (unpaired) electrons. The van der Waals surface area contributed by atoms with Gasteiger partial charge in [-0.25, -0.2) is 0 Å². The van der Waals surface area contributed by atoms with Gasteiger partial charge in [-0.2, -0.15) is 0 Å². The molecule has 0 saturated heterocycles. The summed E-state index contributed by atoms with van der Waals surface area (Å²) in [5, 5.41) is 8.63. The molecule has 0 aliphatic carbocycles. The molecule has 0 rings (SSSR count). The molecule has 0 spiro atoms. The van der Waals surface area contributed by atoms with Crippen molar-refractivity contribution in [3.63, 3.8) is 0 Å². The lowest BCUT2D eigenvalue weighted by atomic mass is 10.2. The van der Waals surface area contributed by atoms with Gasteiger partial charge in [0.1, 0.15) is 0 Å². The Morgan fingerprint density at radius 2 is 1.54 bits per heavy atom. The lowest BCUT2D eigenvalue weighted by molar-refractivity contribution is -0.890. The summed E-state index contributed by atoms with van der Waals surface area (Å²) >= 11 is 0. The van der Waals surface area contributed by atoms with Crippen LogP contribution in [-0.2, 0) is 0 Å². The fourth-order valence-electron chi connectivity index (χ4n) is 1.53. The van der Waals surface area contributed by atoms with Crippen molar-refractivity contribution in [3.8, 4) is 0 Å². The Labute approximate surface area is 83.2 Å². The van der Waals surface area contributed by atoms with E-state index in [1.807, 2.05) is 0 Å². The van der Waals surface area contributed by atoms with Gasteiger partial charge in [0.05, 0.1) is 27.2 Å². The highest BCUT2D eigenvalue weighted by molar-refractivity contribution is 4.41. The van der Waals surface area contributed by atoms with Crippen LogP contribution in [0.25, 0.3) is 0 Å². The number of quaternary nitrogens is 1. The molecule has 0 fully saturated rings. The molecule has 0 aliphatic heterocycles. The summed E-state index contributed by atoms with van der Waals surface area (Å²) in [4.78, 5) is 0. The third kappa shape index (κ3) is 8.26. The molecule has 0 aromatic carbocycles. The third-order valence-electron chi connectivity index (χ3n) is 2.54. The van der Waals surface area contributed by atoms with E-state index >= 15 is 0 Å². The van der Waals surface area contributed by atoms with Crippen LogP contribution >= 0.6 is 0 Å². The summed E-state index contributed by atoms with van der Waals surface area (Å²) in [5.74, 6) is 0. The fourth-order valence-corrected chi connectivity index (χ4v) is 1.53. The molecule has 0 aliphatic rings. The first-order valence-electron chi connectivity index (χ1n) is 5.55. The van der Waals surface area contributed by atoms with Crippen molar-refractivity contribution in [2.45, 2.75) is 39.0 Å². The van der Waals surface area contributed by atoms with Crippen molar-refractivity contribution >= 4 is 0 Å². The van der Waals surface area contributed by atoms with Crippen molar-refractivity contribution in [1.29, 1.82) is 0 Å². The minimum atomic E-state index is 0.350. The van der Waals surface area contributed by atoms with Crippen molar-refractivity contribution in [2.24, 2.45) is 0 Å². The Kier molecular flexibility index (Phi) is 7.29. The lowest BCUT2D eigenvalue weighted by Crippen LogP contribution is -2.41. The Hall–Kier alpha value is -0.0800. The van der Waals surface area contributed by atoms with Gasteiger partial charge in [0.25, 0.3) is 0 Å². The van der Waals surface area contributed by atoms with Crippen LogP contribution in [0.1, 0.15) is 39.0 Å². The molecule has 0 heterocycles. The first-order chi connectivity index (χ1) is 6.12. The first-order valence-corrected chi connectivity index (χ1v) is 5.55. The minimum Gasteiger partial charge on any atom is -0.396 e. The smallest absolute Gasteiger partial charge is 0.0782 e. The monoisotopic (exact) mass is 188 g/mol. The highest BCUT2D eigenvalue weighted by Crippen LogP contribution is 2.05. The molecular formula is C11H26NO+. The van der Waals surface area contributed by atoms with Crippen LogP contribution in [0.3, 0.4) is 0 Å². The molecule has 80 valence electrons. The predicted octanol–water partition coefficient (Wildman–Crippen LogP) is 2.03. The van der Waals surface area contributed by atoms with E-state index in [0.29, 0.717) is 6.61 Å². The maximum atomic E-state index is 8.63. The average molecular weight is 188 g/mol. The van der Waals surface area contributed by atoms with Crippen LogP contribution < -0.4 is 0 Å². The van der Waals surface area contributed by atoms with E-state index < -0.39 is 0 Å². The van der Waals surface area contributed by atoms with Gasteiger partial charge < -0.3 is 9.59 Å². The van der Waals surface area contributed by atoms with E-state index in [-0.39, 0.29) is 0 Å². The minimum absolute atomic E-state index is 0.350. The van der Waals surface area contributed by atoms with Gasteiger partial charge in [-0.15, -0.1) is 0 Å². The van der Waals surface area contributed by atoms with Crippen molar-refractivity contribution in [1.82, 2.24) is 0 Å². The quantitative estimate of drug-likeness (QED) is 0.456. The van der Waals surface area contributed by atoms with Crippen LogP contribution in [0.5, 0.6) is 0 Å². The molecule has 0 aromatic rings. The molecule has 2 heteroatoms. The maximum Gasteiger partial charge on any atom is 0.0782 e. The molecule has 0 bridgehead atoms. The van der Waals surface area contributed by atoms with Crippen LogP contribution in [0.2, 0.25) is 0 Å². The number of hydrogen-bond acceptors (Lipinski definition) is 1. The summed E-state index contributed by atoms with van der Waals surface area (Å²) in [6.07, 6.45) is 6.00. The number of rotatable bonds is 8. The van der Waals surface area contributed by atoms with Gasteiger partial charge in [-0.1, -0.05) is 13.3 Å². The number of unbranched alkanes of at least 4 members (excludes halogenated alkanes) is 3.